The quantitative estimate of drug-likeness (QED) is 0.350. The lowest BCUT2D eigenvalue weighted by atomic mass is 9.94. The smallest absolute Gasteiger partial charge is 0.136 e. The number of hydrogen-bond acceptors (Lipinski definition) is 3. The second kappa shape index (κ2) is 6.93. The highest BCUT2D eigenvalue weighted by Crippen LogP contribution is 2.39. The molecule has 0 saturated carbocycles. The topological polar surface area (TPSA) is 25.8 Å². The van der Waals surface area contributed by atoms with Crippen molar-refractivity contribution in [3.8, 4) is 11.3 Å². The molecule has 0 fully saturated rings. The normalized spacial score (nSPS) is 14.5. The van der Waals surface area contributed by atoms with E-state index in [9.17, 15) is 0 Å². The van der Waals surface area contributed by atoms with E-state index in [1.165, 1.54) is 26.6 Å². The van der Waals surface area contributed by atoms with E-state index in [4.69, 9.17) is 9.97 Å². The maximum Gasteiger partial charge on any atom is 0.136 e. The van der Waals surface area contributed by atoms with Gasteiger partial charge in [-0.05, 0) is 30.0 Å². The van der Waals surface area contributed by atoms with Gasteiger partial charge in [0.1, 0.15) is 10.7 Å². The third-order valence-corrected chi connectivity index (χ3v) is 6.46. The molecule has 0 spiro atoms. The minimum atomic E-state index is -0.100. The van der Waals surface area contributed by atoms with E-state index in [0.717, 1.165) is 34.8 Å². The number of fused-ring (bicyclic) bond motifs is 3. The Balaban J connectivity index is 1.72. The van der Waals surface area contributed by atoms with Crippen molar-refractivity contribution >= 4 is 37.2 Å². The van der Waals surface area contributed by atoms with E-state index < -0.39 is 0 Å². The van der Waals surface area contributed by atoms with Crippen LogP contribution in [-0.4, -0.2) is 9.97 Å². The third kappa shape index (κ3) is 3.30. The first kappa shape index (κ1) is 18.3. The molecule has 0 radical (unpaired) electrons. The van der Waals surface area contributed by atoms with Crippen LogP contribution in [0.5, 0.6) is 0 Å². The fraction of sp³-hybridized carbons (Fsp3) is 0.231. The van der Waals surface area contributed by atoms with Gasteiger partial charge in [0.25, 0.3) is 0 Å². The summed E-state index contributed by atoms with van der Waals surface area (Å²) in [6, 6.07) is 17.4. The molecule has 3 heteroatoms. The lowest BCUT2D eigenvalue weighted by Gasteiger charge is -2.18. The zero-order chi connectivity index (χ0) is 20.0. The van der Waals surface area contributed by atoms with E-state index in [0.29, 0.717) is 0 Å². The molecule has 1 aliphatic carbocycles. The molecule has 144 valence electrons. The highest BCUT2D eigenvalue weighted by molar-refractivity contribution is 7.25. The van der Waals surface area contributed by atoms with Gasteiger partial charge in [0.15, 0.2) is 0 Å². The van der Waals surface area contributed by atoms with Crippen LogP contribution < -0.4 is 0 Å². The molecule has 0 unspecified atom stereocenters. The van der Waals surface area contributed by atoms with Crippen molar-refractivity contribution < 1.29 is 0 Å². The SMILES string of the molecule is CC(C)(C)c1nc(-c2ccc(C3=CCCC=C3)cc2)c2c(n1)sc1ccccc12. The van der Waals surface area contributed by atoms with E-state index in [2.05, 4.69) is 87.5 Å². The Bertz CT molecular complexity index is 1270. The van der Waals surface area contributed by atoms with Crippen molar-refractivity contribution in [3.05, 3.63) is 78.1 Å². The van der Waals surface area contributed by atoms with Gasteiger partial charge in [-0.2, -0.15) is 0 Å². The van der Waals surface area contributed by atoms with Crippen molar-refractivity contribution in [1.29, 1.82) is 0 Å². The standard InChI is InChI=1S/C26H24N2S/c1-26(2,3)25-27-23(22-20-11-7-8-12-21(20)29-24(22)28-25)19-15-13-18(14-16-19)17-9-5-4-6-10-17/h5,7-16H,4,6H2,1-3H3. The average molecular weight is 397 g/mol. The zero-order valence-corrected chi connectivity index (χ0v) is 17.9. The molecular formula is C26H24N2S. The summed E-state index contributed by atoms with van der Waals surface area (Å²) in [5, 5.41) is 2.41. The molecule has 2 aromatic heterocycles. The number of nitrogens with zero attached hydrogens (tertiary/aromatic N) is 2. The molecule has 4 aromatic rings. The van der Waals surface area contributed by atoms with Crippen molar-refractivity contribution in [1.82, 2.24) is 9.97 Å². The van der Waals surface area contributed by atoms with Crippen molar-refractivity contribution in [2.75, 3.05) is 0 Å². The maximum atomic E-state index is 5.07. The van der Waals surface area contributed by atoms with E-state index >= 15 is 0 Å². The van der Waals surface area contributed by atoms with E-state index in [-0.39, 0.29) is 5.41 Å². The zero-order valence-electron chi connectivity index (χ0n) is 17.1. The number of aromatic nitrogens is 2. The molecule has 0 atom stereocenters. The molecule has 29 heavy (non-hydrogen) atoms. The maximum absolute atomic E-state index is 5.07. The lowest BCUT2D eigenvalue weighted by molar-refractivity contribution is 0.549. The summed E-state index contributed by atoms with van der Waals surface area (Å²) in [5.74, 6) is 0.897. The molecular weight excluding hydrogens is 372 g/mol. The van der Waals surface area contributed by atoms with Gasteiger partial charge in [0, 0.05) is 26.5 Å². The molecule has 2 heterocycles. The molecule has 2 aromatic carbocycles. The highest BCUT2D eigenvalue weighted by atomic mass is 32.1. The number of benzene rings is 2. The van der Waals surface area contributed by atoms with Crippen molar-refractivity contribution in [2.45, 2.75) is 39.0 Å². The lowest BCUT2D eigenvalue weighted by Crippen LogP contribution is -2.16. The molecule has 0 N–H and O–H groups in total. The summed E-state index contributed by atoms with van der Waals surface area (Å²) >= 11 is 1.76. The fourth-order valence-corrected chi connectivity index (χ4v) is 4.89. The molecule has 0 saturated heterocycles. The van der Waals surface area contributed by atoms with E-state index in [1.54, 1.807) is 11.3 Å². The van der Waals surface area contributed by atoms with Gasteiger partial charge in [0.2, 0.25) is 0 Å². The summed E-state index contributed by atoms with van der Waals surface area (Å²) in [6.07, 6.45) is 9.06. The molecule has 1 aliphatic rings. The Labute approximate surface area is 175 Å². The Morgan fingerprint density at radius 3 is 2.34 bits per heavy atom. The minimum absolute atomic E-state index is 0.100. The van der Waals surface area contributed by atoms with Crippen LogP contribution in [0.4, 0.5) is 0 Å². The van der Waals surface area contributed by atoms with Crippen LogP contribution >= 0.6 is 11.3 Å². The molecule has 2 nitrogen and oxygen atoms in total. The van der Waals surface area contributed by atoms with Gasteiger partial charge < -0.3 is 0 Å². The summed E-state index contributed by atoms with van der Waals surface area (Å²) in [5.41, 5.74) is 4.66. The second-order valence-corrected chi connectivity index (χ2v) is 9.67. The number of hydrogen-bond donors (Lipinski definition) is 0. The van der Waals surface area contributed by atoms with Crippen molar-refractivity contribution in [2.24, 2.45) is 0 Å². The predicted molar refractivity (Wildman–Crippen MR) is 125 cm³/mol. The van der Waals surface area contributed by atoms with Gasteiger partial charge in [-0.25, -0.2) is 9.97 Å². The summed E-state index contributed by atoms with van der Waals surface area (Å²) in [4.78, 5) is 11.1. The second-order valence-electron chi connectivity index (χ2n) is 8.64. The first-order valence-electron chi connectivity index (χ1n) is 10.2. The van der Waals surface area contributed by atoms with Gasteiger partial charge in [-0.15, -0.1) is 11.3 Å². The van der Waals surface area contributed by atoms with Crippen LogP contribution in [0.25, 0.3) is 37.1 Å². The average Bonchev–Trinajstić information content (AvgIpc) is 3.12. The Morgan fingerprint density at radius 1 is 0.862 bits per heavy atom. The van der Waals surface area contributed by atoms with Gasteiger partial charge in [-0.1, -0.05) is 81.5 Å². The van der Waals surface area contributed by atoms with Crippen LogP contribution in [-0.2, 0) is 5.41 Å². The fourth-order valence-electron chi connectivity index (χ4n) is 3.82. The van der Waals surface area contributed by atoms with Gasteiger partial charge in [0.05, 0.1) is 5.69 Å². The minimum Gasteiger partial charge on any atom is -0.232 e. The summed E-state index contributed by atoms with van der Waals surface area (Å²) in [6.45, 7) is 6.53. The van der Waals surface area contributed by atoms with Crippen molar-refractivity contribution in [3.63, 3.8) is 0 Å². The van der Waals surface area contributed by atoms with Crippen LogP contribution in [0.1, 0.15) is 45.0 Å². The first-order valence-corrected chi connectivity index (χ1v) is 11.0. The third-order valence-electron chi connectivity index (χ3n) is 5.40. The monoisotopic (exact) mass is 396 g/mol. The predicted octanol–water partition coefficient (Wildman–Crippen LogP) is 7.54. The van der Waals surface area contributed by atoms with Crippen LogP contribution in [0.3, 0.4) is 0 Å². The summed E-state index contributed by atoms with van der Waals surface area (Å²) in [7, 11) is 0. The molecule has 0 bridgehead atoms. The van der Waals surface area contributed by atoms with Gasteiger partial charge >= 0.3 is 0 Å². The number of thiophene rings is 1. The molecule has 0 aliphatic heterocycles. The Kier molecular flexibility index (Phi) is 4.36. The largest absolute Gasteiger partial charge is 0.232 e. The highest BCUT2D eigenvalue weighted by Gasteiger charge is 2.22. The number of allylic oxidation sites excluding steroid dienone is 4. The summed E-state index contributed by atoms with van der Waals surface area (Å²) < 4.78 is 1.26. The Morgan fingerprint density at radius 2 is 1.62 bits per heavy atom. The van der Waals surface area contributed by atoms with Crippen LogP contribution in [0, 0.1) is 0 Å². The molecule has 5 rings (SSSR count). The Hall–Kier alpha value is -2.78. The van der Waals surface area contributed by atoms with E-state index in [1.807, 2.05) is 0 Å². The number of rotatable bonds is 2. The van der Waals surface area contributed by atoms with Gasteiger partial charge in [-0.3, -0.25) is 0 Å². The van der Waals surface area contributed by atoms with Crippen LogP contribution in [0.2, 0.25) is 0 Å². The molecule has 0 amide bonds. The first-order chi connectivity index (χ1) is 14.0. The van der Waals surface area contributed by atoms with Crippen LogP contribution in [0.15, 0.2) is 66.8 Å².